The number of nitrogens with one attached hydrogen (secondary N) is 2. The molecule has 2 aromatic rings. The van der Waals surface area contributed by atoms with E-state index in [1.165, 1.54) is 0 Å². The maximum absolute atomic E-state index is 12.0. The molecule has 0 aliphatic rings. The lowest BCUT2D eigenvalue weighted by Crippen LogP contribution is -2.20. The van der Waals surface area contributed by atoms with Crippen LogP contribution in [0.25, 0.3) is 0 Å². The van der Waals surface area contributed by atoms with Crippen LogP contribution in [0.5, 0.6) is 5.75 Å². The zero-order valence-electron chi connectivity index (χ0n) is 14.8. The Morgan fingerprint density at radius 3 is 2.24 bits per heavy atom. The normalized spacial score (nSPS) is 10.4. The van der Waals surface area contributed by atoms with Gasteiger partial charge in [0.05, 0.1) is 0 Å². The lowest BCUT2D eigenvalue weighted by molar-refractivity contribution is -0.119. The molecule has 2 rings (SSSR count). The highest BCUT2D eigenvalue weighted by molar-refractivity contribution is 5.94. The number of carbonyl (C=O) groups excluding carboxylic acids is 2. The van der Waals surface area contributed by atoms with E-state index in [0.29, 0.717) is 17.1 Å². The van der Waals surface area contributed by atoms with Gasteiger partial charge in [0.15, 0.2) is 6.61 Å². The van der Waals surface area contributed by atoms with Gasteiger partial charge in [0.25, 0.3) is 5.91 Å². The smallest absolute Gasteiger partial charge is 0.262 e. The van der Waals surface area contributed by atoms with Gasteiger partial charge in [0.1, 0.15) is 5.75 Å². The first-order valence-electron chi connectivity index (χ1n) is 8.40. The van der Waals surface area contributed by atoms with Crippen LogP contribution >= 0.6 is 0 Å². The second-order valence-electron chi connectivity index (χ2n) is 6.06. The van der Waals surface area contributed by atoms with Gasteiger partial charge in [-0.1, -0.05) is 32.9 Å². The third kappa shape index (κ3) is 5.95. The van der Waals surface area contributed by atoms with Crippen molar-refractivity contribution in [3.63, 3.8) is 0 Å². The quantitative estimate of drug-likeness (QED) is 0.804. The summed E-state index contributed by atoms with van der Waals surface area (Å²) in [5, 5.41) is 5.57. The Morgan fingerprint density at radius 2 is 1.64 bits per heavy atom. The molecule has 0 bridgehead atoms. The molecule has 0 saturated carbocycles. The van der Waals surface area contributed by atoms with Crippen molar-refractivity contribution in [1.82, 2.24) is 0 Å². The number of amides is 2. The van der Waals surface area contributed by atoms with Crippen LogP contribution in [0.4, 0.5) is 11.4 Å². The largest absolute Gasteiger partial charge is 0.484 e. The zero-order valence-corrected chi connectivity index (χ0v) is 14.8. The summed E-state index contributed by atoms with van der Waals surface area (Å²) >= 11 is 0. The van der Waals surface area contributed by atoms with Gasteiger partial charge in [-0.2, -0.15) is 0 Å². The molecular formula is C20H24N2O3. The molecule has 0 radical (unpaired) electrons. The maximum atomic E-state index is 12.0. The van der Waals surface area contributed by atoms with Crippen molar-refractivity contribution in [3.8, 4) is 5.75 Å². The Kier molecular flexibility index (Phi) is 6.57. The van der Waals surface area contributed by atoms with Crippen LogP contribution < -0.4 is 15.4 Å². The highest BCUT2D eigenvalue weighted by Crippen LogP contribution is 2.16. The number of rotatable bonds is 7. The standard InChI is InChI=1S/C20H24N2O3/c1-4-15-6-5-7-18(12-15)25-13-19(23)21-16-8-10-17(11-9-16)22-20(24)14(2)3/h5-12,14H,4,13H2,1-3H3,(H,21,23)(H,22,24). The van der Waals surface area contributed by atoms with Gasteiger partial charge in [0, 0.05) is 17.3 Å². The molecule has 2 aromatic carbocycles. The monoisotopic (exact) mass is 340 g/mol. The van der Waals surface area contributed by atoms with Crippen LogP contribution in [0.3, 0.4) is 0 Å². The third-order valence-electron chi connectivity index (χ3n) is 3.64. The van der Waals surface area contributed by atoms with Crippen molar-refractivity contribution in [1.29, 1.82) is 0 Å². The molecule has 0 heterocycles. The first-order valence-corrected chi connectivity index (χ1v) is 8.40. The molecule has 0 atom stereocenters. The van der Waals surface area contributed by atoms with Crippen molar-refractivity contribution in [2.45, 2.75) is 27.2 Å². The number of hydrogen-bond acceptors (Lipinski definition) is 3. The molecule has 0 aromatic heterocycles. The van der Waals surface area contributed by atoms with Crippen LogP contribution in [0, 0.1) is 5.92 Å². The number of benzene rings is 2. The fourth-order valence-corrected chi connectivity index (χ4v) is 2.12. The number of anilines is 2. The summed E-state index contributed by atoms with van der Waals surface area (Å²) in [5.41, 5.74) is 2.51. The van der Waals surface area contributed by atoms with E-state index in [-0.39, 0.29) is 24.3 Å². The van der Waals surface area contributed by atoms with Gasteiger partial charge < -0.3 is 15.4 Å². The summed E-state index contributed by atoms with van der Waals surface area (Å²) in [6.07, 6.45) is 0.920. The minimum atomic E-state index is -0.235. The van der Waals surface area contributed by atoms with Crippen molar-refractivity contribution >= 4 is 23.2 Å². The Balaban J connectivity index is 1.84. The average Bonchev–Trinajstić information content (AvgIpc) is 2.61. The van der Waals surface area contributed by atoms with Gasteiger partial charge >= 0.3 is 0 Å². The number of carbonyl (C=O) groups is 2. The fourth-order valence-electron chi connectivity index (χ4n) is 2.12. The van der Waals surface area contributed by atoms with E-state index in [2.05, 4.69) is 17.6 Å². The molecule has 0 spiro atoms. The van der Waals surface area contributed by atoms with Gasteiger partial charge in [-0.3, -0.25) is 9.59 Å². The van der Waals surface area contributed by atoms with Gasteiger partial charge in [0.2, 0.25) is 5.91 Å². The average molecular weight is 340 g/mol. The molecule has 132 valence electrons. The molecule has 0 aliphatic heterocycles. The predicted octanol–water partition coefficient (Wildman–Crippen LogP) is 3.86. The third-order valence-corrected chi connectivity index (χ3v) is 3.64. The molecule has 0 unspecified atom stereocenters. The lowest BCUT2D eigenvalue weighted by Gasteiger charge is -2.10. The number of aryl methyl sites for hydroxylation is 1. The molecular weight excluding hydrogens is 316 g/mol. The summed E-state index contributed by atoms with van der Waals surface area (Å²) < 4.78 is 5.52. The van der Waals surface area contributed by atoms with E-state index in [4.69, 9.17) is 4.74 Å². The Labute approximate surface area is 148 Å². The van der Waals surface area contributed by atoms with E-state index in [9.17, 15) is 9.59 Å². The summed E-state index contributed by atoms with van der Waals surface area (Å²) in [5.74, 6) is 0.323. The Morgan fingerprint density at radius 1 is 1.00 bits per heavy atom. The lowest BCUT2D eigenvalue weighted by atomic mass is 10.2. The van der Waals surface area contributed by atoms with Crippen LogP contribution in [-0.2, 0) is 16.0 Å². The van der Waals surface area contributed by atoms with Crippen molar-refractivity contribution in [3.05, 3.63) is 54.1 Å². The second kappa shape index (κ2) is 8.87. The van der Waals surface area contributed by atoms with E-state index in [1.54, 1.807) is 24.3 Å². The molecule has 5 nitrogen and oxygen atoms in total. The first kappa shape index (κ1) is 18.5. The van der Waals surface area contributed by atoms with Crippen LogP contribution in [-0.4, -0.2) is 18.4 Å². The highest BCUT2D eigenvalue weighted by atomic mass is 16.5. The summed E-state index contributed by atoms with van der Waals surface area (Å²) in [7, 11) is 0. The van der Waals surface area contributed by atoms with Crippen LogP contribution in [0.15, 0.2) is 48.5 Å². The highest BCUT2D eigenvalue weighted by Gasteiger charge is 2.08. The van der Waals surface area contributed by atoms with E-state index in [1.807, 2.05) is 38.1 Å². The van der Waals surface area contributed by atoms with Crippen LogP contribution in [0.1, 0.15) is 26.3 Å². The second-order valence-corrected chi connectivity index (χ2v) is 6.06. The van der Waals surface area contributed by atoms with Crippen molar-refractivity contribution in [2.24, 2.45) is 5.92 Å². The zero-order chi connectivity index (χ0) is 18.2. The van der Waals surface area contributed by atoms with E-state index in [0.717, 1.165) is 12.0 Å². The van der Waals surface area contributed by atoms with Crippen molar-refractivity contribution < 1.29 is 14.3 Å². The molecule has 2 amide bonds. The SMILES string of the molecule is CCc1cccc(OCC(=O)Nc2ccc(NC(=O)C(C)C)cc2)c1. The minimum absolute atomic E-state index is 0.0421. The fraction of sp³-hybridized carbons (Fsp3) is 0.300. The number of ether oxygens (including phenoxy) is 1. The Hall–Kier alpha value is -2.82. The molecule has 0 saturated heterocycles. The van der Waals surface area contributed by atoms with E-state index >= 15 is 0 Å². The summed E-state index contributed by atoms with van der Waals surface area (Å²) in [4.78, 5) is 23.6. The Bertz CT molecular complexity index is 724. The minimum Gasteiger partial charge on any atom is -0.484 e. The summed E-state index contributed by atoms with van der Waals surface area (Å²) in [6.45, 7) is 5.68. The van der Waals surface area contributed by atoms with Gasteiger partial charge in [-0.05, 0) is 48.4 Å². The molecule has 0 fully saturated rings. The van der Waals surface area contributed by atoms with Crippen molar-refractivity contribution in [2.75, 3.05) is 17.2 Å². The molecule has 2 N–H and O–H groups in total. The van der Waals surface area contributed by atoms with E-state index < -0.39 is 0 Å². The predicted molar refractivity (Wildman–Crippen MR) is 99.9 cm³/mol. The van der Waals surface area contributed by atoms with Crippen LogP contribution in [0.2, 0.25) is 0 Å². The number of hydrogen-bond donors (Lipinski definition) is 2. The topological polar surface area (TPSA) is 67.4 Å². The summed E-state index contributed by atoms with van der Waals surface area (Å²) in [6, 6.07) is 14.7. The molecule has 5 heteroatoms. The maximum Gasteiger partial charge on any atom is 0.262 e. The van der Waals surface area contributed by atoms with Gasteiger partial charge in [-0.15, -0.1) is 0 Å². The van der Waals surface area contributed by atoms with Gasteiger partial charge in [-0.25, -0.2) is 0 Å². The molecule has 0 aliphatic carbocycles. The first-order chi connectivity index (χ1) is 12.0. The molecule has 25 heavy (non-hydrogen) atoms.